The molecule has 0 spiro atoms. The van der Waals surface area contributed by atoms with Gasteiger partial charge in [-0.25, -0.2) is 4.98 Å². The maximum absolute atomic E-state index is 11.8. The van der Waals surface area contributed by atoms with E-state index < -0.39 is 5.54 Å². The summed E-state index contributed by atoms with van der Waals surface area (Å²) in [4.78, 5) is 22.4. The van der Waals surface area contributed by atoms with Crippen molar-refractivity contribution in [2.75, 3.05) is 60.3 Å². The van der Waals surface area contributed by atoms with Crippen LogP contribution in [0.15, 0.2) is 17.3 Å². The zero-order chi connectivity index (χ0) is 20.6. The number of ketones is 1. The highest BCUT2D eigenvalue weighted by Gasteiger charge is 2.39. The zero-order valence-corrected chi connectivity index (χ0v) is 16.9. The van der Waals surface area contributed by atoms with Gasteiger partial charge in [-0.2, -0.15) is 0 Å². The van der Waals surface area contributed by atoms with Crippen molar-refractivity contribution >= 4 is 11.6 Å². The minimum atomic E-state index is -0.821. The Bertz CT molecular complexity index is 696. The van der Waals surface area contributed by atoms with Crippen LogP contribution >= 0.6 is 0 Å². The first kappa shape index (κ1) is 22.1. The molecule has 2 heterocycles. The molecule has 156 valence electrons. The van der Waals surface area contributed by atoms with Crippen molar-refractivity contribution in [1.29, 1.82) is 0 Å². The summed E-state index contributed by atoms with van der Waals surface area (Å²) >= 11 is 0. The molecule has 0 amide bonds. The summed E-state index contributed by atoms with van der Waals surface area (Å²) in [5.74, 6) is 0.830. The van der Waals surface area contributed by atoms with Gasteiger partial charge in [-0.15, -0.1) is 0 Å². The number of Topliss-reactive ketones (excluding diaryl/α,β-unsaturated/α-hetero) is 1. The minimum Gasteiger partial charge on any atom is -0.505 e. The number of hydrogen-bond donors (Lipinski definition) is 1. The Labute approximate surface area is 165 Å². The number of carbonyl (C=O) groups excluding carboxylic acids is 1. The van der Waals surface area contributed by atoms with Gasteiger partial charge in [0.1, 0.15) is 29.3 Å². The van der Waals surface area contributed by atoms with Crippen LogP contribution in [0.25, 0.3) is 0 Å². The number of pyridine rings is 1. The molecular formula is C19H29N3O6. The predicted octanol–water partition coefficient (Wildman–Crippen LogP) is 0.885. The lowest BCUT2D eigenvalue weighted by Crippen LogP contribution is -2.37. The number of aromatic nitrogens is 1. The van der Waals surface area contributed by atoms with E-state index in [1.807, 2.05) is 11.9 Å². The number of amidine groups is 1. The molecule has 28 heavy (non-hydrogen) atoms. The lowest BCUT2D eigenvalue weighted by atomic mass is 9.99. The highest BCUT2D eigenvalue weighted by atomic mass is 16.6. The zero-order valence-electron chi connectivity index (χ0n) is 16.9. The molecule has 0 fully saturated rings. The minimum absolute atomic E-state index is 0.0297. The summed E-state index contributed by atoms with van der Waals surface area (Å²) in [7, 11) is 3.44. The maximum atomic E-state index is 11.8. The number of aromatic hydroxyl groups is 1. The average Bonchev–Trinajstić information content (AvgIpc) is 2.96. The lowest BCUT2D eigenvalue weighted by Gasteiger charge is -2.18. The number of methoxy groups -OCH3 is 1. The summed E-state index contributed by atoms with van der Waals surface area (Å²) in [5.41, 5.74) is -0.498. The number of hydrogen-bond acceptors (Lipinski definition) is 9. The molecule has 1 aliphatic heterocycles. The molecule has 9 nitrogen and oxygen atoms in total. The predicted molar refractivity (Wildman–Crippen MR) is 103 cm³/mol. The summed E-state index contributed by atoms with van der Waals surface area (Å²) in [6.45, 7) is 6.51. The van der Waals surface area contributed by atoms with Gasteiger partial charge in [0.05, 0.1) is 45.8 Å². The molecule has 0 radical (unpaired) electrons. The second kappa shape index (κ2) is 10.4. The number of carbonyl (C=O) groups is 1. The largest absolute Gasteiger partial charge is 0.505 e. The van der Waals surface area contributed by atoms with Crippen LogP contribution < -0.4 is 4.74 Å². The molecular weight excluding hydrogens is 366 g/mol. The van der Waals surface area contributed by atoms with Crippen molar-refractivity contribution in [3.63, 3.8) is 0 Å². The third-order valence-electron chi connectivity index (χ3n) is 4.37. The van der Waals surface area contributed by atoms with E-state index in [-0.39, 0.29) is 11.5 Å². The monoisotopic (exact) mass is 395 g/mol. The number of ether oxygens (including phenoxy) is 4. The Kier molecular flexibility index (Phi) is 8.16. The van der Waals surface area contributed by atoms with E-state index in [2.05, 4.69) is 9.98 Å². The van der Waals surface area contributed by atoms with Crippen molar-refractivity contribution in [2.45, 2.75) is 19.4 Å². The first-order valence-electron chi connectivity index (χ1n) is 9.16. The van der Waals surface area contributed by atoms with Crippen LogP contribution in [-0.4, -0.2) is 92.5 Å². The molecule has 0 aliphatic carbocycles. The first-order chi connectivity index (χ1) is 13.4. The fourth-order valence-corrected chi connectivity index (χ4v) is 2.68. The van der Waals surface area contributed by atoms with Gasteiger partial charge in [-0.05, 0) is 13.8 Å². The Morgan fingerprint density at radius 1 is 1.21 bits per heavy atom. The van der Waals surface area contributed by atoms with E-state index in [4.69, 9.17) is 18.9 Å². The normalized spacial score (nSPS) is 19.0. The number of likely N-dealkylation sites (N-methyl/N-ethyl adjacent to an activating group) is 1. The van der Waals surface area contributed by atoms with E-state index in [1.165, 1.54) is 19.2 Å². The van der Waals surface area contributed by atoms with Gasteiger partial charge < -0.3 is 29.0 Å². The van der Waals surface area contributed by atoms with Crippen LogP contribution in [-0.2, 0) is 19.0 Å². The van der Waals surface area contributed by atoms with Crippen molar-refractivity contribution in [3.8, 4) is 11.5 Å². The molecule has 0 saturated carbocycles. The maximum Gasteiger partial charge on any atom is 0.158 e. The van der Waals surface area contributed by atoms with Gasteiger partial charge in [0.15, 0.2) is 11.6 Å². The van der Waals surface area contributed by atoms with Crippen molar-refractivity contribution in [3.05, 3.63) is 18.0 Å². The van der Waals surface area contributed by atoms with Crippen molar-refractivity contribution in [2.24, 2.45) is 4.99 Å². The third kappa shape index (κ3) is 5.88. The molecule has 0 unspecified atom stereocenters. The highest BCUT2D eigenvalue weighted by molar-refractivity contribution is 6.04. The molecule has 0 bridgehead atoms. The summed E-state index contributed by atoms with van der Waals surface area (Å²) in [6, 6.07) is 1.48. The second-order valence-electron chi connectivity index (χ2n) is 6.73. The molecule has 1 aromatic rings. The average molecular weight is 395 g/mol. The van der Waals surface area contributed by atoms with Gasteiger partial charge in [0, 0.05) is 20.2 Å². The van der Waals surface area contributed by atoms with Crippen LogP contribution in [0.5, 0.6) is 11.5 Å². The molecule has 1 atom stereocenters. The lowest BCUT2D eigenvalue weighted by molar-refractivity contribution is -0.121. The second-order valence-corrected chi connectivity index (χ2v) is 6.73. The molecule has 1 aromatic heterocycles. The van der Waals surface area contributed by atoms with E-state index in [9.17, 15) is 9.90 Å². The van der Waals surface area contributed by atoms with E-state index in [0.717, 1.165) is 0 Å². The van der Waals surface area contributed by atoms with Gasteiger partial charge in [0.2, 0.25) is 0 Å². The highest BCUT2D eigenvalue weighted by Crippen LogP contribution is 2.28. The SMILES string of the molecule is COCCOCCOCCOc1cnc(C2=N[C@@](C)(C(C)=O)CN2C)c(O)c1. The molecule has 0 saturated heterocycles. The standard InChI is InChI=1S/C19H29N3O6/c1-14(23)19(2)13-22(3)18(21-19)17-16(24)11-15(12-20-17)28-10-9-27-8-7-26-6-5-25-4/h11-12,24H,5-10,13H2,1-4H3/t19-/m1/s1. The number of rotatable bonds is 12. The van der Waals surface area contributed by atoms with Crippen LogP contribution in [0.2, 0.25) is 0 Å². The topological polar surface area (TPSA) is 103 Å². The fourth-order valence-electron chi connectivity index (χ4n) is 2.68. The van der Waals surface area contributed by atoms with Gasteiger partial charge in [-0.3, -0.25) is 9.79 Å². The molecule has 1 aliphatic rings. The van der Waals surface area contributed by atoms with E-state index in [1.54, 1.807) is 14.0 Å². The molecule has 9 heteroatoms. The third-order valence-corrected chi connectivity index (χ3v) is 4.37. The Balaban J connectivity index is 1.82. The Morgan fingerprint density at radius 2 is 1.86 bits per heavy atom. The number of aliphatic imine (C=N–C) groups is 1. The van der Waals surface area contributed by atoms with Crippen molar-refractivity contribution < 1.29 is 28.8 Å². The van der Waals surface area contributed by atoms with Crippen LogP contribution in [0, 0.1) is 0 Å². The number of nitrogens with zero attached hydrogens (tertiary/aromatic N) is 3. The van der Waals surface area contributed by atoms with Crippen LogP contribution in [0.1, 0.15) is 19.5 Å². The summed E-state index contributed by atoms with van der Waals surface area (Å²) in [6.07, 6.45) is 1.52. The smallest absolute Gasteiger partial charge is 0.158 e. The quantitative estimate of drug-likeness (QED) is 0.521. The van der Waals surface area contributed by atoms with Gasteiger partial charge in [-0.1, -0.05) is 0 Å². The summed E-state index contributed by atoms with van der Waals surface area (Å²) in [5, 5.41) is 10.3. The van der Waals surface area contributed by atoms with E-state index in [0.29, 0.717) is 63.5 Å². The first-order valence-corrected chi connectivity index (χ1v) is 9.16. The Hall–Kier alpha value is -2.23. The van der Waals surface area contributed by atoms with E-state index >= 15 is 0 Å². The molecule has 2 rings (SSSR count). The molecule has 0 aromatic carbocycles. The van der Waals surface area contributed by atoms with Crippen molar-refractivity contribution in [1.82, 2.24) is 9.88 Å². The van der Waals surface area contributed by atoms with Crippen LogP contribution in [0.4, 0.5) is 0 Å². The van der Waals surface area contributed by atoms with Gasteiger partial charge >= 0.3 is 0 Å². The van der Waals surface area contributed by atoms with Gasteiger partial charge in [0.25, 0.3) is 0 Å². The Morgan fingerprint density at radius 3 is 2.43 bits per heavy atom. The molecule has 1 N–H and O–H groups in total. The van der Waals surface area contributed by atoms with Crippen LogP contribution in [0.3, 0.4) is 0 Å². The fraction of sp³-hybridized carbons (Fsp3) is 0.632. The summed E-state index contributed by atoms with van der Waals surface area (Å²) < 4.78 is 21.1.